The Hall–Kier alpha value is -0.740. The molecule has 0 spiro atoms. The number of likely N-dealkylation sites (tertiary alicyclic amines) is 1. The third-order valence-corrected chi connectivity index (χ3v) is 4.64. The molecule has 0 aromatic carbocycles. The summed E-state index contributed by atoms with van der Waals surface area (Å²) < 4.78 is 5.08. The number of piperidine rings is 1. The summed E-state index contributed by atoms with van der Waals surface area (Å²) in [4.78, 5) is 14.8. The van der Waals surface area contributed by atoms with Crippen LogP contribution in [-0.4, -0.2) is 36.4 Å². The zero-order chi connectivity index (χ0) is 12.4. The summed E-state index contributed by atoms with van der Waals surface area (Å²) in [5.41, 5.74) is 0. The van der Waals surface area contributed by atoms with Crippen LogP contribution in [0.4, 0.5) is 0 Å². The summed E-state index contributed by atoms with van der Waals surface area (Å²) in [5.74, 6) is 1.29. The fourth-order valence-corrected chi connectivity index (χ4v) is 3.01. The monoisotopic (exact) mass is 273 g/mol. The maximum atomic E-state index is 12.2. The van der Waals surface area contributed by atoms with Crippen LogP contribution in [0, 0.1) is 5.92 Å². The predicted octanol–water partition coefficient (Wildman–Crippen LogP) is 2.85. The van der Waals surface area contributed by atoms with E-state index in [2.05, 4.69) is 6.92 Å². The van der Waals surface area contributed by atoms with Gasteiger partial charge in [0.1, 0.15) is 5.75 Å². The summed E-state index contributed by atoms with van der Waals surface area (Å²) in [5, 5.41) is 1.91. The van der Waals surface area contributed by atoms with Crippen LogP contribution in [0.2, 0.25) is 0 Å². The zero-order valence-corrected chi connectivity index (χ0v) is 11.6. The van der Waals surface area contributed by atoms with Crippen molar-refractivity contribution in [3.63, 3.8) is 0 Å². The number of hydrogen-bond donors (Lipinski definition) is 0. The summed E-state index contributed by atoms with van der Waals surface area (Å²) >= 11 is 7.63. The van der Waals surface area contributed by atoms with Gasteiger partial charge in [0, 0.05) is 24.5 Å². The highest BCUT2D eigenvalue weighted by molar-refractivity contribution is 7.12. The number of alkyl halides is 1. The van der Waals surface area contributed by atoms with E-state index in [1.165, 1.54) is 11.3 Å². The molecule has 2 rings (SSSR count). The average molecular weight is 274 g/mol. The van der Waals surface area contributed by atoms with E-state index in [0.717, 1.165) is 23.6 Å². The van der Waals surface area contributed by atoms with Gasteiger partial charge in [-0.15, -0.1) is 22.9 Å². The standard InChI is InChI=1S/C12H16ClNO2S/c1-8-3-4-14(6-10(8)13)12(15)11-5-9(16-2)7-17-11/h5,7-8,10H,3-4,6H2,1-2H3. The number of ether oxygens (including phenoxy) is 1. The molecule has 0 saturated carbocycles. The Kier molecular flexibility index (Phi) is 3.94. The van der Waals surface area contributed by atoms with Crippen molar-refractivity contribution < 1.29 is 9.53 Å². The van der Waals surface area contributed by atoms with E-state index in [4.69, 9.17) is 16.3 Å². The molecule has 0 aliphatic carbocycles. The van der Waals surface area contributed by atoms with Crippen LogP contribution in [0.15, 0.2) is 11.4 Å². The third kappa shape index (κ3) is 2.75. The molecule has 2 heterocycles. The van der Waals surface area contributed by atoms with Crippen molar-refractivity contribution in [1.29, 1.82) is 0 Å². The number of hydrogen-bond acceptors (Lipinski definition) is 3. The lowest BCUT2D eigenvalue weighted by atomic mass is 9.98. The van der Waals surface area contributed by atoms with Gasteiger partial charge in [0.2, 0.25) is 0 Å². The van der Waals surface area contributed by atoms with Gasteiger partial charge in [-0.1, -0.05) is 6.92 Å². The Labute approximate surface area is 110 Å². The number of amides is 1. The first-order valence-corrected chi connectivity index (χ1v) is 6.99. The van der Waals surface area contributed by atoms with Crippen molar-refractivity contribution >= 4 is 28.8 Å². The molecule has 2 atom stereocenters. The zero-order valence-electron chi connectivity index (χ0n) is 9.98. The van der Waals surface area contributed by atoms with E-state index >= 15 is 0 Å². The predicted molar refractivity (Wildman–Crippen MR) is 70.2 cm³/mol. The molecular formula is C12H16ClNO2S. The smallest absolute Gasteiger partial charge is 0.264 e. The Morgan fingerprint density at radius 2 is 2.41 bits per heavy atom. The highest BCUT2D eigenvalue weighted by Crippen LogP contribution is 2.26. The van der Waals surface area contributed by atoms with Crippen molar-refractivity contribution in [2.45, 2.75) is 18.7 Å². The topological polar surface area (TPSA) is 29.5 Å². The van der Waals surface area contributed by atoms with Gasteiger partial charge in [0.05, 0.1) is 17.4 Å². The molecule has 1 aromatic heterocycles. The summed E-state index contributed by atoms with van der Waals surface area (Å²) in [7, 11) is 1.60. The Morgan fingerprint density at radius 3 is 3.00 bits per heavy atom. The Morgan fingerprint density at radius 1 is 1.65 bits per heavy atom. The molecule has 5 heteroatoms. The quantitative estimate of drug-likeness (QED) is 0.776. The number of thiophene rings is 1. The minimum atomic E-state index is 0.0644. The lowest BCUT2D eigenvalue weighted by Gasteiger charge is -2.33. The maximum Gasteiger partial charge on any atom is 0.264 e. The maximum absolute atomic E-state index is 12.2. The van der Waals surface area contributed by atoms with Crippen LogP contribution in [0.3, 0.4) is 0 Å². The summed E-state index contributed by atoms with van der Waals surface area (Å²) in [6, 6.07) is 1.79. The number of carbonyl (C=O) groups is 1. The minimum Gasteiger partial charge on any atom is -0.496 e. The van der Waals surface area contributed by atoms with E-state index in [1.807, 2.05) is 10.3 Å². The SMILES string of the molecule is COc1csc(C(=O)N2CCC(C)C(Cl)C2)c1. The highest BCUT2D eigenvalue weighted by atomic mass is 35.5. The van der Waals surface area contributed by atoms with E-state index in [0.29, 0.717) is 12.5 Å². The van der Waals surface area contributed by atoms with Crippen molar-refractivity contribution in [2.24, 2.45) is 5.92 Å². The lowest BCUT2D eigenvalue weighted by molar-refractivity contribution is 0.0706. The van der Waals surface area contributed by atoms with Gasteiger partial charge in [0.25, 0.3) is 5.91 Å². The molecule has 0 radical (unpaired) electrons. The van der Waals surface area contributed by atoms with Crippen molar-refractivity contribution in [3.05, 3.63) is 16.3 Å². The molecule has 1 fully saturated rings. The number of halogens is 1. The van der Waals surface area contributed by atoms with E-state index < -0.39 is 0 Å². The molecule has 0 bridgehead atoms. The second kappa shape index (κ2) is 5.27. The number of carbonyl (C=O) groups excluding carboxylic acids is 1. The van der Waals surface area contributed by atoms with Gasteiger partial charge in [-0.2, -0.15) is 0 Å². The van der Waals surface area contributed by atoms with Gasteiger partial charge in [-0.05, 0) is 12.3 Å². The van der Waals surface area contributed by atoms with Crippen LogP contribution in [-0.2, 0) is 0 Å². The molecule has 3 nitrogen and oxygen atoms in total. The number of nitrogens with zero attached hydrogens (tertiary/aromatic N) is 1. The van der Waals surface area contributed by atoms with Gasteiger partial charge in [-0.25, -0.2) is 0 Å². The average Bonchev–Trinajstić information content (AvgIpc) is 2.80. The lowest BCUT2D eigenvalue weighted by Crippen LogP contribution is -2.43. The van der Waals surface area contributed by atoms with Gasteiger partial charge >= 0.3 is 0 Å². The molecule has 94 valence electrons. The molecule has 2 unspecified atom stereocenters. The Bertz CT molecular complexity index is 407. The van der Waals surface area contributed by atoms with Crippen molar-refractivity contribution in [1.82, 2.24) is 4.90 Å². The molecule has 17 heavy (non-hydrogen) atoms. The van der Waals surface area contributed by atoms with E-state index in [9.17, 15) is 4.79 Å². The molecule has 1 aliphatic heterocycles. The minimum absolute atomic E-state index is 0.0644. The second-order valence-electron chi connectivity index (χ2n) is 4.38. The summed E-state index contributed by atoms with van der Waals surface area (Å²) in [6.07, 6.45) is 0.975. The fraction of sp³-hybridized carbons (Fsp3) is 0.583. The van der Waals surface area contributed by atoms with Crippen molar-refractivity contribution in [3.8, 4) is 5.75 Å². The number of rotatable bonds is 2. The van der Waals surface area contributed by atoms with E-state index in [1.54, 1.807) is 13.2 Å². The molecule has 1 aromatic rings. The first-order chi connectivity index (χ1) is 8.11. The first-order valence-electron chi connectivity index (χ1n) is 5.67. The van der Waals surface area contributed by atoms with Crippen LogP contribution in [0.1, 0.15) is 23.0 Å². The van der Waals surface area contributed by atoms with Crippen LogP contribution < -0.4 is 4.74 Å². The molecule has 0 N–H and O–H groups in total. The van der Waals surface area contributed by atoms with Gasteiger partial charge < -0.3 is 9.64 Å². The summed E-state index contributed by atoms with van der Waals surface area (Å²) in [6.45, 7) is 3.57. The molecular weight excluding hydrogens is 258 g/mol. The van der Waals surface area contributed by atoms with Gasteiger partial charge in [0.15, 0.2) is 0 Å². The Balaban J connectivity index is 2.05. The fourth-order valence-electron chi connectivity index (χ4n) is 1.90. The number of methoxy groups -OCH3 is 1. The van der Waals surface area contributed by atoms with Crippen LogP contribution in [0.5, 0.6) is 5.75 Å². The highest BCUT2D eigenvalue weighted by Gasteiger charge is 2.28. The first kappa shape index (κ1) is 12.7. The third-order valence-electron chi connectivity index (χ3n) is 3.18. The molecule has 1 saturated heterocycles. The van der Waals surface area contributed by atoms with Crippen molar-refractivity contribution in [2.75, 3.05) is 20.2 Å². The molecule has 1 aliphatic rings. The normalized spacial score (nSPS) is 24.8. The second-order valence-corrected chi connectivity index (χ2v) is 5.86. The molecule has 1 amide bonds. The van der Waals surface area contributed by atoms with Crippen LogP contribution in [0.25, 0.3) is 0 Å². The van der Waals surface area contributed by atoms with Crippen LogP contribution >= 0.6 is 22.9 Å². The van der Waals surface area contributed by atoms with Gasteiger partial charge in [-0.3, -0.25) is 4.79 Å². The largest absolute Gasteiger partial charge is 0.496 e. The van der Waals surface area contributed by atoms with E-state index in [-0.39, 0.29) is 11.3 Å².